The molecule has 1 amide bonds. The number of nitrogens with zero attached hydrogens (tertiary/aromatic N) is 3. The lowest BCUT2D eigenvalue weighted by atomic mass is 10.0. The number of pyridine rings is 1. The van der Waals surface area contributed by atoms with Gasteiger partial charge in [-0.05, 0) is 56.0 Å². The number of aryl methyl sites for hydroxylation is 1. The molecule has 1 aromatic heterocycles. The van der Waals surface area contributed by atoms with E-state index in [0.717, 1.165) is 63.3 Å². The number of hydrogen-bond donors (Lipinski definition) is 0. The van der Waals surface area contributed by atoms with Gasteiger partial charge >= 0.3 is 0 Å². The van der Waals surface area contributed by atoms with E-state index in [1.807, 2.05) is 42.4 Å². The minimum atomic E-state index is 0.107. The largest absolute Gasteiger partial charge is 0.489 e. The van der Waals surface area contributed by atoms with Gasteiger partial charge in [-0.1, -0.05) is 11.6 Å². The number of likely N-dealkylation sites (tertiary alicyclic amines) is 2. The fourth-order valence-electron chi connectivity index (χ4n) is 3.71. The van der Waals surface area contributed by atoms with Crippen molar-refractivity contribution in [3.8, 4) is 5.75 Å². The van der Waals surface area contributed by atoms with Crippen LogP contribution >= 0.6 is 0 Å². The molecule has 27 heavy (non-hydrogen) atoms. The molecule has 5 heteroatoms. The van der Waals surface area contributed by atoms with E-state index in [1.54, 1.807) is 0 Å². The number of amides is 1. The maximum absolute atomic E-state index is 12.7. The quantitative estimate of drug-likeness (QED) is 0.816. The zero-order valence-corrected chi connectivity index (χ0v) is 15.9. The van der Waals surface area contributed by atoms with Gasteiger partial charge in [0.15, 0.2) is 0 Å². The molecule has 0 saturated carbocycles. The summed E-state index contributed by atoms with van der Waals surface area (Å²) in [5.41, 5.74) is 3.11. The van der Waals surface area contributed by atoms with Gasteiger partial charge in [0.25, 0.3) is 5.91 Å². The zero-order chi connectivity index (χ0) is 18.6. The Morgan fingerprint density at radius 3 is 2.52 bits per heavy atom. The topological polar surface area (TPSA) is 45.7 Å². The van der Waals surface area contributed by atoms with Crippen molar-refractivity contribution >= 4 is 5.91 Å². The fraction of sp³-hybridized carbons (Fsp3) is 0.455. The van der Waals surface area contributed by atoms with Crippen LogP contribution < -0.4 is 4.74 Å². The molecule has 3 heterocycles. The Balaban J connectivity index is 1.37. The summed E-state index contributed by atoms with van der Waals surface area (Å²) in [4.78, 5) is 21.2. The van der Waals surface area contributed by atoms with Gasteiger partial charge in [-0.15, -0.1) is 0 Å². The first-order valence-corrected chi connectivity index (χ1v) is 9.87. The van der Waals surface area contributed by atoms with Crippen LogP contribution in [-0.2, 0) is 6.54 Å². The Bertz CT molecular complexity index is 781. The average molecular weight is 365 g/mol. The van der Waals surface area contributed by atoms with E-state index >= 15 is 0 Å². The van der Waals surface area contributed by atoms with Crippen molar-refractivity contribution in [3.05, 3.63) is 59.4 Å². The molecule has 5 nitrogen and oxygen atoms in total. The highest BCUT2D eigenvalue weighted by molar-refractivity contribution is 5.97. The molecule has 2 aliphatic rings. The first-order valence-electron chi connectivity index (χ1n) is 9.87. The summed E-state index contributed by atoms with van der Waals surface area (Å²) in [6, 6.07) is 10.1. The molecule has 2 aromatic rings. The molecule has 0 atom stereocenters. The SMILES string of the molecule is Cc1ccc(OC2CCN(Cc3ccncc3)CC2)c(C(=O)N2CCC2)c1. The van der Waals surface area contributed by atoms with Gasteiger partial charge in [0.2, 0.25) is 0 Å². The van der Waals surface area contributed by atoms with Crippen molar-refractivity contribution in [1.29, 1.82) is 0 Å². The average Bonchev–Trinajstić information content (AvgIpc) is 2.64. The van der Waals surface area contributed by atoms with Crippen molar-refractivity contribution in [2.75, 3.05) is 26.2 Å². The van der Waals surface area contributed by atoms with Crippen molar-refractivity contribution in [1.82, 2.24) is 14.8 Å². The second-order valence-corrected chi connectivity index (χ2v) is 7.59. The molecule has 0 radical (unpaired) electrons. The van der Waals surface area contributed by atoms with E-state index in [0.29, 0.717) is 5.56 Å². The number of aromatic nitrogens is 1. The Kier molecular flexibility index (Phi) is 5.39. The van der Waals surface area contributed by atoms with E-state index in [4.69, 9.17) is 4.74 Å². The lowest BCUT2D eigenvalue weighted by Gasteiger charge is -2.34. The number of carbonyl (C=O) groups is 1. The third-order valence-corrected chi connectivity index (χ3v) is 5.49. The summed E-state index contributed by atoms with van der Waals surface area (Å²) in [6.45, 7) is 6.72. The summed E-state index contributed by atoms with van der Waals surface area (Å²) in [7, 11) is 0. The molecule has 0 bridgehead atoms. The lowest BCUT2D eigenvalue weighted by molar-refractivity contribution is 0.0633. The smallest absolute Gasteiger partial charge is 0.257 e. The van der Waals surface area contributed by atoms with Gasteiger partial charge in [-0.3, -0.25) is 14.7 Å². The number of hydrogen-bond acceptors (Lipinski definition) is 4. The molecule has 0 spiro atoms. The summed E-state index contributed by atoms with van der Waals surface area (Å²) >= 11 is 0. The minimum absolute atomic E-state index is 0.107. The third-order valence-electron chi connectivity index (χ3n) is 5.49. The standard InChI is InChI=1S/C22H27N3O2/c1-17-3-4-21(20(15-17)22(26)25-11-2-12-25)27-19-7-13-24(14-8-19)16-18-5-9-23-10-6-18/h3-6,9-10,15,19H,2,7-8,11-14,16H2,1H3. The summed E-state index contributed by atoms with van der Waals surface area (Å²) in [6.07, 6.45) is 6.93. The van der Waals surface area contributed by atoms with Gasteiger partial charge < -0.3 is 9.64 Å². The van der Waals surface area contributed by atoms with Crippen molar-refractivity contribution in [2.45, 2.75) is 38.8 Å². The van der Waals surface area contributed by atoms with E-state index in [2.05, 4.69) is 22.0 Å². The maximum Gasteiger partial charge on any atom is 0.257 e. The minimum Gasteiger partial charge on any atom is -0.489 e. The fourth-order valence-corrected chi connectivity index (χ4v) is 3.71. The summed E-state index contributed by atoms with van der Waals surface area (Å²) < 4.78 is 6.30. The molecule has 2 aliphatic heterocycles. The zero-order valence-electron chi connectivity index (χ0n) is 15.9. The Hall–Kier alpha value is -2.40. The van der Waals surface area contributed by atoms with Gasteiger partial charge in [-0.25, -0.2) is 0 Å². The van der Waals surface area contributed by atoms with E-state index < -0.39 is 0 Å². The maximum atomic E-state index is 12.7. The van der Waals surface area contributed by atoms with Crippen LogP contribution in [0.3, 0.4) is 0 Å². The molecule has 2 saturated heterocycles. The number of carbonyl (C=O) groups excluding carboxylic acids is 1. The van der Waals surface area contributed by atoms with Crippen LogP contribution in [-0.4, -0.2) is 53.0 Å². The Labute approximate surface area is 161 Å². The molecule has 0 aliphatic carbocycles. The normalized spacial score (nSPS) is 18.2. The van der Waals surface area contributed by atoms with Crippen LogP contribution in [0.5, 0.6) is 5.75 Å². The Morgan fingerprint density at radius 2 is 1.85 bits per heavy atom. The van der Waals surface area contributed by atoms with Crippen LogP contribution in [0.15, 0.2) is 42.7 Å². The predicted octanol–water partition coefficient (Wildman–Crippen LogP) is 3.28. The Morgan fingerprint density at radius 1 is 1.11 bits per heavy atom. The van der Waals surface area contributed by atoms with Crippen molar-refractivity contribution in [3.63, 3.8) is 0 Å². The van der Waals surface area contributed by atoms with E-state index in [-0.39, 0.29) is 12.0 Å². The van der Waals surface area contributed by atoms with Crippen LogP contribution in [0.1, 0.15) is 40.7 Å². The molecule has 2 fully saturated rings. The molecule has 1 aromatic carbocycles. The van der Waals surface area contributed by atoms with Gasteiger partial charge in [0.05, 0.1) is 5.56 Å². The number of rotatable bonds is 5. The molecular formula is C22H27N3O2. The lowest BCUT2D eigenvalue weighted by Crippen LogP contribution is -2.42. The second-order valence-electron chi connectivity index (χ2n) is 7.59. The molecule has 0 unspecified atom stereocenters. The number of ether oxygens (including phenoxy) is 1. The van der Waals surface area contributed by atoms with Gasteiger partial charge in [-0.2, -0.15) is 0 Å². The first kappa shape index (κ1) is 18.0. The number of piperidine rings is 1. The second kappa shape index (κ2) is 8.09. The molecular weight excluding hydrogens is 338 g/mol. The molecule has 0 N–H and O–H groups in total. The number of benzene rings is 1. The van der Waals surface area contributed by atoms with Crippen LogP contribution in [0, 0.1) is 6.92 Å². The van der Waals surface area contributed by atoms with Crippen molar-refractivity contribution in [2.24, 2.45) is 0 Å². The first-order chi connectivity index (χ1) is 13.2. The summed E-state index contributed by atoms with van der Waals surface area (Å²) in [5.74, 6) is 0.847. The van der Waals surface area contributed by atoms with E-state index in [1.165, 1.54) is 5.56 Å². The molecule has 4 rings (SSSR count). The summed E-state index contributed by atoms with van der Waals surface area (Å²) in [5, 5.41) is 0. The van der Waals surface area contributed by atoms with Gasteiger partial charge in [0.1, 0.15) is 11.9 Å². The third kappa shape index (κ3) is 4.30. The van der Waals surface area contributed by atoms with Crippen molar-refractivity contribution < 1.29 is 9.53 Å². The monoisotopic (exact) mass is 365 g/mol. The van der Waals surface area contributed by atoms with Crippen LogP contribution in [0.25, 0.3) is 0 Å². The highest BCUT2D eigenvalue weighted by atomic mass is 16.5. The highest BCUT2D eigenvalue weighted by Gasteiger charge is 2.27. The highest BCUT2D eigenvalue weighted by Crippen LogP contribution is 2.27. The van der Waals surface area contributed by atoms with Gasteiger partial charge in [0, 0.05) is 45.1 Å². The van der Waals surface area contributed by atoms with Crippen LogP contribution in [0.4, 0.5) is 0 Å². The predicted molar refractivity (Wildman–Crippen MR) is 105 cm³/mol. The molecule has 142 valence electrons. The van der Waals surface area contributed by atoms with Crippen LogP contribution in [0.2, 0.25) is 0 Å². The van der Waals surface area contributed by atoms with E-state index in [9.17, 15) is 4.79 Å².